The summed E-state index contributed by atoms with van der Waals surface area (Å²) in [5.41, 5.74) is 1.03. The van der Waals surface area contributed by atoms with Gasteiger partial charge in [-0.05, 0) is 36.7 Å². The number of benzene rings is 1. The van der Waals surface area contributed by atoms with Gasteiger partial charge >= 0.3 is 0 Å². The quantitative estimate of drug-likeness (QED) is 0.639. The van der Waals surface area contributed by atoms with Gasteiger partial charge in [0.05, 0.1) is 15.6 Å². The Bertz CT molecular complexity index is 517. The molecule has 2 rings (SSSR count). The Hall–Kier alpha value is -1.29. The Balaban J connectivity index is 2.17. The van der Waals surface area contributed by atoms with Crippen LogP contribution in [-0.4, -0.2) is 11.0 Å². The highest BCUT2D eigenvalue weighted by molar-refractivity contribution is 6.33. The van der Waals surface area contributed by atoms with E-state index in [-0.39, 0.29) is 5.69 Å². The van der Waals surface area contributed by atoms with Crippen molar-refractivity contribution in [3.63, 3.8) is 0 Å². The summed E-state index contributed by atoms with van der Waals surface area (Å²) < 4.78 is 0. The third kappa shape index (κ3) is 3.63. The standard InChI is InChI=1S/C15H21ClN2O2/c1-10-6-11(9-15(2,3)8-10)17-14-7-12(18(19)20)4-5-13(14)16/h4-5,7,10-11,17H,6,8-9H2,1-3H3. The number of anilines is 1. The molecule has 4 nitrogen and oxygen atoms in total. The fourth-order valence-corrected chi connectivity index (χ4v) is 3.59. The summed E-state index contributed by atoms with van der Waals surface area (Å²) in [5, 5.41) is 14.8. The van der Waals surface area contributed by atoms with E-state index in [0.29, 0.717) is 28.1 Å². The van der Waals surface area contributed by atoms with E-state index in [4.69, 9.17) is 11.6 Å². The second kappa shape index (κ2) is 5.60. The van der Waals surface area contributed by atoms with Crippen molar-refractivity contribution in [2.45, 2.75) is 46.1 Å². The first-order valence-corrected chi connectivity index (χ1v) is 7.35. The van der Waals surface area contributed by atoms with Crippen LogP contribution in [0.2, 0.25) is 5.02 Å². The van der Waals surface area contributed by atoms with E-state index in [2.05, 4.69) is 26.1 Å². The van der Waals surface area contributed by atoms with Gasteiger partial charge in [0.25, 0.3) is 5.69 Å². The van der Waals surface area contributed by atoms with Gasteiger partial charge in [0, 0.05) is 18.2 Å². The van der Waals surface area contributed by atoms with Crippen LogP contribution < -0.4 is 5.32 Å². The van der Waals surface area contributed by atoms with Crippen molar-refractivity contribution < 1.29 is 4.92 Å². The highest BCUT2D eigenvalue weighted by atomic mass is 35.5. The molecule has 20 heavy (non-hydrogen) atoms. The predicted molar refractivity (Wildman–Crippen MR) is 82.3 cm³/mol. The summed E-state index contributed by atoms with van der Waals surface area (Å²) in [4.78, 5) is 10.5. The highest BCUT2D eigenvalue weighted by Crippen LogP contribution is 2.40. The number of rotatable bonds is 3. The van der Waals surface area contributed by atoms with Crippen LogP contribution in [0.5, 0.6) is 0 Å². The molecule has 1 aliphatic rings. The van der Waals surface area contributed by atoms with Gasteiger partial charge in [-0.25, -0.2) is 0 Å². The molecule has 110 valence electrons. The fraction of sp³-hybridized carbons (Fsp3) is 0.600. The van der Waals surface area contributed by atoms with Gasteiger partial charge in [-0.3, -0.25) is 10.1 Å². The number of hydrogen-bond donors (Lipinski definition) is 1. The highest BCUT2D eigenvalue weighted by Gasteiger charge is 2.32. The largest absolute Gasteiger partial charge is 0.381 e. The summed E-state index contributed by atoms with van der Waals surface area (Å²) in [6.07, 6.45) is 3.34. The lowest BCUT2D eigenvalue weighted by Gasteiger charge is -2.39. The van der Waals surface area contributed by atoms with Crippen molar-refractivity contribution in [1.29, 1.82) is 0 Å². The maximum absolute atomic E-state index is 10.8. The Morgan fingerprint density at radius 3 is 2.70 bits per heavy atom. The smallest absolute Gasteiger partial charge is 0.271 e. The molecule has 5 heteroatoms. The second-order valence-corrected chi connectivity index (χ2v) is 7.08. The molecule has 0 amide bonds. The van der Waals surface area contributed by atoms with Gasteiger partial charge in [-0.2, -0.15) is 0 Å². The van der Waals surface area contributed by atoms with Crippen LogP contribution in [0.25, 0.3) is 0 Å². The second-order valence-electron chi connectivity index (χ2n) is 6.68. The van der Waals surface area contributed by atoms with E-state index in [9.17, 15) is 10.1 Å². The lowest BCUT2D eigenvalue weighted by molar-refractivity contribution is -0.384. The van der Waals surface area contributed by atoms with Crippen LogP contribution in [0.3, 0.4) is 0 Å². The first-order chi connectivity index (χ1) is 9.27. The van der Waals surface area contributed by atoms with E-state index in [1.54, 1.807) is 6.07 Å². The Labute approximate surface area is 124 Å². The van der Waals surface area contributed by atoms with Gasteiger partial charge < -0.3 is 5.32 Å². The topological polar surface area (TPSA) is 55.2 Å². The molecule has 1 aliphatic carbocycles. The molecule has 1 fully saturated rings. The maximum Gasteiger partial charge on any atom is 0.271 e. The fourth-order valence-electron chi connectivity index (χ4n) is 3.41. The molecule has 1 N–H and O–H groups in total. The average molecular weight is 297 g/mol. The Morgan fingerprint density at radius 1 is 1.40 bits per heavy atom. The van der Waals surface area contributed by atoms with E-state index < -0.39 is 4.92 Å². The van der Waals surface area contributed by atoms with E-state index in [1.807, 2.05) is 0 Å². The van der Waals surface area contributed by atoms with Crippen LogP contribution in [-0.2, 0) is 0 Å². The summed E-state index contributed by atoms with van der Waals surface area (Å²) in [7, 11) is 0. The molecule has 0 heterocycles. The molecule has 1 aromatic rings. The van der Waals surface area contributed by atoms with Crippen molar-refractivity contribution in [3.8, 4) is 0 Å². The van der Waals surface area contributed by atoms with Crippen LogP contribution in [0.15, 0.2) is 18.2 Å². The third-order valence-electron chi connectivity index (χ3n) is 3.91. The molecular formula is C15H21ClN2O2. The van der Waals surface area contributed by atoms with Crippen molar-refractivity contribution in [2.24, 2.45) is 11.3 Å². The van der Waals surface area contributed by atoms with Crippen LogP contribution >= 0.6 is 11.6 Å². The molecule has 0 spiro atoms. The maximum atomic E-state index is 10.8. The number of nitrogens with zero attached hydrogens (tertiary/aromatic N) is 1. The van der Waals surface area contributed by atoms with Gasteiger partial charge in [-0.1, -0.05) is 32.4 Å². The van der Waals surface area contributed by atoms with Gasteiger partial charge in [0.1, 0.15) is 0 Å². The average Bonchev–Trinajstić information content (AvgIpc) is 2.28. The molecule has 1 saturated carbocycles. The van der Waals surface area contributed by atoms with Crippen LogP contribution in [0, 0.1) is 21.4 Å². The zero-order chi connectivity index (χ0) is 14.9. The lowest BCUT2D eigenvalue weighted by atomic mass is 9.70. The molecule has 0 aliphatic heterocycles. The molecule has 0 aromatic heterocycles. The molecule has 0 saturated heterocycles. The number of nitrogens with one attached hydrogen (secondary N) is 1. The third-order valence-corrected chi connectivity index (χ3v) is 4.24. The first-order valence-electron chi connectivity index (χ1n) is 6.97. The minimum absolute atomic E-state index is 0.0695. The Morgan fingerprint density at radius 2 is 2.10 bits per heavy atom. The van der Waals surface area contributed by atoms with Crippen LogP contribution in [0.1, 0.15) is 40.0 Å². The Kier molecular flexibility index (Phi) is 4.23. The summed E-state index contributed by atoms with van der Waals surface area (Å²) >= 11 is 6.14. The molecule has 0 radical (unpaired) electrons. The number of hydrogen-bond acceptors (Lipinski definition) is 3. The molecule has 1 aromatic carbocycles. The van der Waals surface area contributed by atoms with Gasteiger partial charge in [-0.15, -0.1) is 0 Å². The van der Waals surface area contributed by atoms with E-state index in [1.165, 1.54) is 18.6 Å². The zero-order valence-electron chi connectivity index (χ0n) is 12.1. The number of nitro benzene ring substituents is 1. The van der Waals surface area contributed by atoms with Crippen molar-refractivity contribution in [3.05, 3.63) is 33.3 Å². The predicted octanol–water partition coefficient (Wildman–Crippen LogP) is 4.87. The normalized spacial score (nSPS) is 25.2. The van der Waals surface area contributed by atoms with E-state index in [0.717, 1.165) is 12.8 Å². The van der Waals surface area contributed by atoms with Gasteiger partial charge in [0.2, 0.25) is 0 Å². The minimum atomic E-state index is -0.394. The lowest BCUT2D eigenvalue weighted by Crippen LogP contribution is -2.35. The van der Waals surface area contributed by atoms with Gasteiger partial charge in [0.15, 0.2) is 0 Å². The molecule has 2 atom stereocenters. The first kappa shape index (κ1) is 15.1. The number of non-ortho nitro benzene ring substituents is 1. The summed E-state index contributed by atoms with van der Waals surface area (Å²) in [6, 6.07) is 4.85. The molecule has 2 unspecified atom stereocenters. The monoisotopic (exact) mass is 296 g/mol. The zero-order valence-corrected chi connectivity index (χ0v) is 12.9. The van der Waals surface area contributed by atoms with Crippen molar-refractivity contribution in [1.82, 2.24) is 0 Å². The summed E-state index contributed by atoms with van der Waals surface area (Å²) in [5.74, 6) is 0.647. The summed E-state index contributed by atoms with van der Waals surface area (Å²) in [6.45, 7) is 6.80. The molecule has 0 bridgehead atoms. The van der Waals surface area contributed by atoms with Crippen LogP contribution in [0.4, 0.5) is 11.4 Å². The van der Waals surface area contributed by atoms with Crippen molar-refractivity contribution in [2.75, 3.05) is 5.32 Å². The molecular weight excluding hydrogens is 276 g/mol. The van der Waals surface area contributed by atoms with E-state index >= 15 is 0 Å². The minimum Gasteiger partial charge on any atom is -0.381 e. The number of halogens is 1. The SMILES string of the molecule is CC1CC(Nc2cc([N+](=O)[O-])ccc2Cl)CC(C)(C)C1. The van der Waals surface area contributed by atoms with Crippen molar-refractivity contribution >= 4 is 23.0 Å². The number of nitro groups is 1.